The summed E-state index contributed by atoms with van der Waals surface area (Å²) < 4.78 is 30.8. The minimum Gasteiger partial charge on any atom is 0 e. The number of hydrogen-bond acceptors (Lipinski definition) is 1. The van der Waals surface area contributed by atoms with Crippen molar-refractivity contribution >= 4 is 57.8 Å². The molecule has 0 aromatic heterocycles. The van der Waals surface area contributed by atoms with Gasteiger partial charge < -0.3 is 2.85 Å². The number of rotatable bonds is 0. The zero-order valence-corrected chi connectivity index (χ0v) is 10.0. The van der Waals surface area contributed by atoms with E-state index in [4.69, 9.17) is 13.2 Å². The van der Waals surface area contributed by atoms with Crippen LogP contribution in [0.2, 0.25) is 0 Å². The fourth-order valence-electron chi connectivity index (χ4n) is 0. The zero-order chi connectivity index (χ0) is 4.50. The molecule has 0 amide bonds. The summed E-state index contributed by atoms with van der Waals surface area (Å²) in [6.45, 7) is 0. The average molecular weight is 276 g/mol. The van der Waals surface area contributed by atoms with Gasteiger partial charge in [0.15, 0.2) is 0 Å². The van der Waals surface area contributed by atoms with Crippen LogP contribution in [-0.2, 0) is 28.9 Å². The maximum absolute atomic E-state index is 8.97. The first-order valence-electron chi connectivity index (χ1n) is 0.783. The molecule has 0 saturated carbocycles. The van der Waals surface area contributed by atoms with E-state index in [9.17, 15) is 0 Å². The summed E-state index contributed by atoms with van der Waals surface area (Å²) >= 11 is -5.35. The molecule has 0 atom stereocenters. The summed E-state index contributed by atoms with van der Waals surface area (Å²) in [5.41, 5.74) is 0. The average Bonchev–Trinajstić information content (AvgIpc) is 0.722. The van der Waals surface area contributed by atoms with Crippen LogP contribution in [0.5, 0.6) is 0 Å². The van der Waals surface area contributed by atoms with Gasteiger partial charge in [0, 0.05) is 25.8 Å². The second-order valence-corrected chi connectivity index (χ2v) is 3.44. The first-order valence-corrected chi connectivity index (χ1v) is 5.25. The molecule has 3 N–H and O–H groups in total. The molecule has 0 bridgehead atoms. The number of hydrogen-bond donors (Lipinski definition) is 3. The molecule has 0 aromatic carbocycles. The predicted molar refractivity (Wildman–Crippen MR) is 21.1 cm³/mol. The van der Waals surface area contributed by atoms with Crippen LogP contribution in [0.15, 0.2) is 0 Å². The molecular formula is H5CaO4SbSc. The van der Waals surface area contributed by atoms with Gasteiger partial charge >= 0.3 is 71.0 Å². The normalized spacial score (nSPS) is 8.43. The van der Waals surface area contributed by atoms with Crippen molar-refractivity contribution in [2.24, 2.45) is 0 Å². The van der Waals surface area contributed by atoms with Crippen molar-refractivity contribution in [1.29, 1.82) is 0 Å². The van der Waals surface area contributed by atoms with Crippen molar-refractivity contribution in [1.82, 2.24) is 0 Å². The van der Waals surface area contributed by atoms with Gasteiger partial charge in [-0.25, -0.2) is 0 Å². The van der Waals surface area contributed by atoms with Gasteiger partial charge in [0.2, 0.25) is 0 Å². The molecular weight excluding hydrogens is 271 g/mol. The van der Waals surface area contributed by atoms with E-state index in [0.717, 1.165) is 0 Å². The van der Waals surface area contributed by atoms with Crippen LogP contribution < -0.4 is 0 Å². The van der Waals surface area contributed by atoms with Crippen LogP contribution in [0.1, 0.15) is 2.85 Å². The van der Waals surface area contributed by atoms with Gasteiger partial charge in [-0.05, 0) is 0 Å². The van der Waals surface area contributed by atoms with E-state index in [0.29, 0.717) is 0 Å². The van der Waals surface area contributed by atoms with Crippen molar-refractivity contribution in [2.75, 3.05) is 0 Å². The third-order valence-corrected chi connectivity index (χ3v) is 0. The molecule has 0 spiro atoms. The maximum Gasteiger partial charge on any atom is 0 e. The van der Waals surface area contributed by atoms with Gasteiger partial charge in [-0.15, -0.1) is 0 Å². The Labute approximate surface area is 97.8 Å². The van der Waals surface area contributed by atoms with E-state index in [1.807, 2.05) is 0 Å². The van der Waals surface area contributed by atoms with E-state index in [1.54, 1.807) is 0 Å². The summed E-state index contributed by atoms with van der Waals surface area (Å²) in [4.78, 5) is 0. The summed E-state index contributed by atoms with van der Waals surface area (Å²) in [7, 11) is 0. The van der Waals surface area contributed by atoms with E-state index < -0.39 is 20.1 Å². The van der Waals surface area contributed by atoms with E-state index in [-0.39, 0.29) is 66.4 Å². The molecule has 0 aliphatic heterocycles. The fraction of sp³-hybridized carbons (Fsp3) is 0. The first-order chi connectivity index (χ1) is 2.00. The minimum absolute atomic E-state index is 0. The fourth-order valence-corrected chi connectivity index (χ4v) is 0. The Hall–Kier alpha value is 2.63. The maximum atomic E-state index is 8.97. The second kappa shape index (κ2) is 6.74. The molecule has 0 aliphatic rings. The zero-order valence-electron chi connectivity index (χ0n) is 5.48. The van der Waals surface area contributed by atoms with Gasteiger partial charge in [-0.1, -0.05) is 0 Å². The van der Waals surface area contributed by atoms with E-state index >= 15 is 0 Å². The van der Waals surface area contributed by atoms with Gasteiger partial charge in [0.25, 0.3) is 0 Å². The van der Waals surface area contributed by atoms with Crippen molar-refractivity contribution in [3.63, 3.8) is 0 Å². The van der Waals surface area contributed by atoms with Crippen LogP contribution in [0.3, 0.4) is 0 Å². The Kier molecular flexibility index (Phi) is 15.7. The topological polar surface area (TPSA) is 77.8 Å². The largest absolute Gasteiger partial charge is 0 e. The third kappa shape index (κ3) is 54.9. The SMILES string of the molecule is [Ca+2].[H-].[H-].[O]=[Sb]([OH])([OH])[OH].[Sc]. The molecule has 0 heterocycles. The Balaban J connectivity index is -0.0000000133. The molecule has 0 rings (SSSR count). The van der Waals surface area contributed by atoms with Gasteiger partial charge in [0.05, 0.1) is 0 Å². The Bertz CT molecular complexity index is 64.7. The van der Waals surface area contributed by atoms with Crippen molar-refractivity contribution < 1.29 is 41.9 Å². The monoisotopic (exact) mass is 275 g/mol. The molecule has 7 heavy (non-hydrogen) atoms. The quantitative estimate of drug-likeness (QED) is 0.434. The molecule has 0 aliphatic carbocycles. The van der Waals surface area contributed by atoms with Gasteiger partial charge in [-0.3, -0.25) is 0 Å². The molecule has 39 valence electrons. The predicted octanol–water partition coefficient (Wildman–Crippen LogP) is -2.33. The molecule has 0 saturated heterocycles. The van der Waals surface area contributed by atoms with E-state index in [1.165, 1.54) is 0 Å². The van der Waals surface area contributed by atoms with Crippen LogP contribution in [0.25, 0.3) is 0 Å². The van der Waals surface area contributed by atoms with Gasteiger partial charge in [0.1, 0.15) is 0 Å². The molecule has 0 aromatic rings. The Morgan fingerprint density at radius 1 is 1.29 bits per heavy atom. The van der Waals surface area contributed by atoms with Crippen LogP contribution in [0.4, 0.5) is 0 Å². The summed E-state index contributed by atoms with van der Waals surface area (Å²) in [6, 6.07) is 0. The standard InChI is InChI=1S/Ca.3H2O.O.Sb.Sc.2H/h;3*1H2;;;;;/q+2;;;;;+3;;2*-1/p-3. The summed E-state index contributed by atoms with van der Waals surface area (Å²) in [5.74, 6) is 0. The van der Waals surface area contributed by atoms with Crippen LogP contribution in [0, 0.1) is 0 Å². The Morgan fingerprint density at radius 2 is 1.29 bits per heavy atom. The van der Waals surface area contributed by atoms with Crippen molar-refractivity contribution in [3.05, 3.63) is 0 Å². The first kappa shape index (κ1) is 16.3. The second-order valence-electron chi connectivity index (χ2n) is 0.513. The molecule has 1 radical (unpaired) electrons. The Morgan fingerprint density at radius 3 is 1.29 bits per heavy atom. The summed E-state index contributed by atoms with van der Waals surface area (Å²) in [6.07, 6.45) is 0. The minimum atomic E-state index is -5.35. The smallest absolute Gasteiger partial charge is 0 e. The van der Waals surface area contributed by atoms with Crippen molar-refractivity contribution in [3.8, 4) is 0 Å². The molecule has 0 unspecified atom stereocenters. The van der Waals surface area contributed by atoms with Crippen LogP contribution >= 0.6 is 0 Å². The van der Waals surface area contributed by atoms with Crippen LogP contribution in [-0.4, -0.2) is 67.9 Å². The van der Waals surface area contributed by atoms with Crippen molar-refractivity contribution in [2.45, 2.75) is 0 Å². The molecule has 7 heteroatoms. The molecule has 4 nitrogen and oxygen atoms in total. The molecule has 0 fully saturated rings. The van der Waals surface area contributed by atoms with Gasteiger partial charge in [-0.2, -0.15) is 0 Å². The van der Waals surface area contributed by atoms with E-state index in [2.05, 4.69) is 0 Å². The third-order valence-electron chi connectivity index (χ3n) is 0. The summed E-state index contributed by atoms with van der Waals surface area (Å²) in [5, 5.41) is 0.